The van der Waals surface area contributed by atoms with Gasteiger partial charge in [-0.25, -0.2) is 0 Å². The van der Waals surface area contributed by atoms with Crippen LogP contribution in [0.15, 0.2) is 52.2 Å². The van der Waals surface area contributed by atoms with Crippen LogP contribution < -0.4 is 10.6 Å². The van der Waals surface area contributed by atoms with Crippen molar-refractivity contribution >= 4 is 28.1 Å². The SMILES string of the molecule is CN=C(NCCS(=O)Cc1ccccc1)NC1CCN(Cc2ccsc2)CC1. The van der Waals surface area contributed by atoms with Crippen molar-refractivity contribution in [3.8, 4) is 0 Å². The minimum atomic E-state index is -0.868. The van der Waals surface area contributed by atoms with E-state index in [9.17, 15) is 4.21 Å². The maximum Gasteiger partial charge on any atom is 0.191 e. The molecule has 152 valence electrons. The minimum absolute atomic E-state index is 0.444. The van der Waals surface area contributed by atoms with Crippen LogP contribution in [0.5, 0.6) is 0 Å². The highest BCUT2D eigenvalue weighted by Crippen LogP contribution is 2.15. The predicted octanol–water partition coefficient (Wildman–Crippen LogP) is 2.83. The summed E-state index contributed by atoms with van der Waals surface area (Å²) >= 11 is 1.77. The predicted molar refractivity (Wildman–Crippen MR) is 120 cm³/mol. The summed E-state index contributed by atoms with van der Waals surface area (Å²) in [6.07, 6.45) is 2.23. The summed E-state index contributed by atoms with van der Waals surface area (Å²) in [6, 6.07) is 12.7. The lowest BCUT2D eigenvalue weighted by atomic mass is 10.0. The standard InChI is InChI=1S/C21H30N4OS2/c1-22-21(23-10-14-28(26)17-18-5-3-2-4-6-18)24-20-7-11-25(12-8-20)15-19-9-13-27-16-19/h2-6,9,13,16,20H,7-8,10-12,14-15,17H2,1H3,(H2,22,23,24). The maximum atomic E-state index is 12.2. The van der Waals surface area contributed by atoms with E-state index >= 15 is 0 Å². The molecule has 1 atom stereocenters. The van der Waals surface area contributed by atoms with Crippen LogP contribution in [0, 0.1) is 0 Å². The summed E-state index contributed by atoms with van der Waals surface area (Å²) < 4.78 is 12.2. The Morgan fingerprint density at radius 1 is 1.21 bits per heavy atom. The van der Waals surface area contributed by atoms with Crippen molar-refractivity contribution in [1.82, 2.24) is 15.5 Å². The second kappa shape index (κ2) is 11.3. The maximum absolute atomic E-state index is 12.2. The zero-order valence-electron chi connectivity index (χ0n) is 16.5. The van der Waals surface area contributed by atoms with Gasteiger partial charge in [-0.1, -0.05) is 30.3 Å². The van der Waals surface area contributed by atoms with E-state index in [1.165, 1.54) is 5.56 Å². The van der Waals surface area contributed by atoms with Gasteiger partial charge in [-0.05, 0) is 40.8 Å². The molecule has 0 spiro atoms. The Labute approximate surface area is 174 Å². The van der Waals surface area contributed by atoms with E-state index < -0.39 is 10.8 Å². The van der Waals surface area contributed by atoms with Crippen LogP contribution in [0.1, 0.15) is 24.0 Å². The largest absolute Gasteiger partial charge is 0.355 e. The number of benzene rings is 1. The quantitative estimate of drug-likeness (QED) is 0.511. The van der Waals surface area contributed by atoms with E-state index in [0.717, 1.165) is 44.0 Å². The molecule has 0 aliphatic carbocycles. The van der Waals surface area contributed by atoms with E-state index in [2.05, 4.69) is 37.4 Å². The smallest absolute Gasteiger partial charge is 0.191 e. The molecule has 0 bridgehead atoms. The lowest BCUT2D eigenvalue weighted by Crippen LogP contribution is -2.49. The average Bonchev–Trinajstić information content (AvgIpc) is 3.22. The van der Waals surface area contributed by atoms with Crippen molar-refractivity contribution in [2.24, 2.45) is 4.99 Å². The van der Waals surface area contributed by atoms with Crippen LogP contribution in [0.4, 0.5) is 0 Å². The Balaban J connectivity index is 1.33. The molecule has 2 heterocycles. The summed E-state index contributed by atoms with van der Waals surface area (Å²) in [5, 5.41) is 11.2. The topological polar surface area (TPSA) is 56.7 Å². The summed E-state index contributed by atoms with van der Waals surface area (Å²) in [7, 11) is 0.926. The number of rotatable bonds is 8. The Bertz CT molecular complexity index is 741. The van der Waals surface area contributed by atoms with Crippen LogP contribution in [-0.4, -0.2) is 53.5 Å². The van der Waals surface area contributed by atoms with Gasteiger partial charge in [0.25, 0.3) is 0 Å². The Hall–Kier alpha value is -1.70. The molecule has 1 aliphatic heterocycles. The minimum Gasteiger partial charge on any atom is -0.355 e. The second-order valence-electron chi connectivity index (χ2n) is 7.10. The van der Waals surface area contributed by atoms with Crippen LogP contribution in [0.3, 0.4) is 0 Å². The van der Waals surface area contributed by atoms with Crippen molar-refractivity contribution in [1.29, 1.82) is 0 Å². The molecule has 2 N–H and O–H groups in total. The fourth-order valence-corrected chi connectivity index (χ4v) is 5.08. The molecular weight excluding hydrogens is 388 g/mol. The fourth-order valence-electron chi connectivity index (χ4n) is 3.38. The van der Waals surface area contributed by atoms with Crippen molar-refractivity contribution in [3.63, 3.8) is 0 Å². The molecule has 7 heteroatoms. The Morgan fingerprint density at radius 2 is 2.00 bits per heavy atom. The van der Waals surface area contributed by atoms with Crippen molar-refractivity contribution in [2.75, 3.05) is 32.4 Å². The molecule has 1 aromatic carbocycles. The number of piperidine rings is 1. The summed E-state index contributed by atoms with van der Waals surface area (Å²) in [5.41, 5.74) is 2.54. The van der Waals surface area contributed by atoms with Crippen molar-refractivity contribution < 1.29 is 4.21 Å². The number of likely N-dealkylation sites (tertiary alicyclic amines) is 1. The van der Waals surface area contributed by atoms with Gasteiger partial charge in [0.1, 0.15) is 0 Å². The van der Waals surface area contributed by atoms with Gasteiger partial charge in [0.2, 0.25) is 0 Å². The molecule has 28 heavy (non-hydrogen) atoms. The molecular formula is C21H30N4OS2. The third-order valence-electron chi connectivity index (χ3n) is 4.93. The van der Waals surface area contributed by atoms with Crippen LogP contribution in [0.25, 0.3) is 0 Å². The number of guanidine groups is 1. The molecule has 5 nitrogen and oxygen atoms in total. The van der Waals surface area contributed by atoms with E-state index in [1.807, 2.05) is 30.3 Å². The Kier molecular flexibility index (Phi) is 8.51. The number of thiophene rings is 1. The molecule has 0 saturated carbocycles. The van der Waals surface area contributed by atoms with Gasteiger partial charge in [0, 0.05) is 61.6 Å². The van der Waals surface area contributed by atoms with Gasteiger partial charge in [-0.2, -0.15) is 11.3 Å². The molecule has 1 fully saturated rings. The van der Waals surface area contributed by atoms with Gasteiger partial charge in [-0.3, -0.25) is 14.1 Å². The molecule has 0 radical (unpaired) electrons. The van der Waals surface area contributed by atoms with Crippen LogP contribution in [-0.2, 0) is 23.1 Å². The highest BCUT2D eigenvalue weighted by Gasteiger charge is 2.20. The summed E-state index contributed by atoms with van der Waals surface area (Å²) in [5.74, 6) is 2.04. The van der Waals surface area contributed by atoms with Crippen molar-refractivity contribution in [2.45, 2.75) is 31.2 Å². The zero-order valence-corrected chi connectivity index (χ0v) is 18.1. The first kappa shape index (κ1) is 21.0. The number of nitrogens with one attached hydrogen (secondary N) is 2. The van der Waals surface area contributed by atoms with Crippen LogP contribution in [0.2, 0.25) is 0 Å². The average molecular weight is 419 g/mol. The van der Waals surface area contributed by atoms with E-state index in [4.69, 9.17) is 0 Å². The lowest BCUT2D eigenvalue weighted by Gasteiger charge is -2.32. The molecule has 1 aliphatic rings. The first-order valence-corrected chi connectivity index (χ1v) is 12.3. The van der Waals surface area contributed by atoms with Gasteiger partial charge in [0.15, 0.2) is 5.96 Å². The van der Waals surface area contributed by atoms with E-state index in [0.29, 0.717) is 24.1 Å². The van der Waals surface area contributed by atoms with E-state index in [-0.39, 0.29) is 0 Å². The highest BCUT2D eigenvalue weighted by molar-refractivity contribution is 7.84. The third-order valence-corrected chi connectivity index (χ3v) is 6.98. The second-order valence-corrected chi connectivity index (χ2v) is 9.46. The first-order valence-electron chi connectivity index (χ1n) is 9.82. The first-order chi connectivity index (χ1) is 13.7. The molecule has 3 rings (SSSR count). The fraction of sp³-hybridized carbons (Fsp3) is 0.476. The molecule has 1 aromatic heterocycles. The Morgan fingerprint density at radius 3 is 2.68 bits per heavy atom. The molecule has 2 aromatic rings. The van der Waals surface area contributed by atoms with Crippen LogP contribution >= 0.6 is 11.3 Å². The van der Waals surface area contributed by atoms with Gasteiger partial charge < -0.3 is 10.6 Å². The molecule has 0 amide bonds. The normalized spacial score (nSPS) is 17.4. The molecule has 1 unspecified atom stereocenters. The summed E-state index contributed by atoms with van der Waals surface area (Å²) in [4.78, 5) is 6.84. The van der Waals surface area contributed by atoms with Gasteiger partial charge >= 0.3 is 0 Å². The van der Waals surface area contributed by atoms with Gasteiger partial charge in [-0.15, -0.1) is 0 Å². The number of hydrogen-bond donors (Lipinski definition) is 2. The molecule has 1 saturated heterocycles. The van der Waals surface area contributed by atoms with E-state index in [1.54, 1.807) is 18.4 Å². The van der Waals surface area contributed by atoms with Crippen molar-refractivity contribution in [3.05, 3.63) is 58.3 Å². The number of hydrogen-bond acceptors (Lipinski definition) is 4. The number of aliphatic imine (C=N–C) groups is 1. The lowest BCUT2D eigenvalue weighted by molar-refractivity contribution is 0.198. The zero-order chi connectivity index (χ0) is 19.6. The monoisotopic (exact) mass is 418 g/mol. The number of nitrogens with zero attached hydrogens (tertiary/aromatic N) is 2. The third kappa shape index (κ3) is 7.04. The highest BCUT2D eigenvalue weighted by atomic mass is 32.2. The summed E-state index contributed by atoms with van der Waals surface area (Å²) in [6.45, 7) is 3.92. The van der Waals surface area contributed by atoms with Gasteiger partial charge in [0.05, 0.1) is 0 Å².